The lowest BCUT2D eigenvalue weighted by Gasteiger charge is -2.54. The van der Waals surface area contributed by atoms with E-state index in [0.717, 1.165) is 121 Å². The molecule has 0 unspecified atom stereocenters. The number of H-pyrrole nitrogens is 1. The van der Waals surface area contributed by atoms with Crippen molar-refractivity contribution < 1.29 is 14.6 Å². The number of aliphatic hydroxyl groups is 1. The number of anilines is 1. The molecular formula is C38H47N7O3. The van der Waals surface area contributed by atoms with Crippen LogP contribution >= 0.6 is 0 Å². The Morgan fingerprint density at radius 3 is 2.50 bits per heavy atom. The first-order chi connectivity index (χ1) is 23.0. The minimum atomic E-state index is -1.07. The Labute approximate surface area is 282 Å². The molecule has 1 amide bonds. The average Bonchev–Trinajstić information content (AvgIpc) is 3.54. The summed E-state index contributed by atoms with van der Waals surface area (Å²) >= 11 is 0. The minimum Gasteiger partial charge on any atom is -0.488 e. The summed E-state index contributed by atoms with van der Waals surface area (Å²) < 4.78 is 6.71. The number of aryl methyl sites for hydroxylation is 1. The lowest BCUT2D eigenvalue weighted by molar-refractivity contribution is -0.139. The maximum atomic E-state index is 12.2. The number of carbonyl (C=O) groups excluding carboxylic acids is 1. The highest BCUT2D eigenvalue weighted by atomic mass is 16.5. The summed E-state index contributed by atoms with van der Waals surface area (Å²) in [7, 11) is 2.17. The minimum absolute atomic E-state index is 0.0142. The molecule has 2 aromatic carbocycles. The maximum Gasteiger partial charge on any atom is 0.245 e. The Kier molecular flexibility index (Phi) is 8.28. The molecule has 0 radical (unpaired) electrons. The van der Waals surface area contributed by atoms with E-state index in [0.29, 0.717) is 5.75 Å². The lowest BCUT2D eigenvalue weighted by atomic mass is 9.72. The number of rotatable bonds is 8. The fourth-order valence-corrected chi connectivity index (χ4v) is 7.77. The van der Waals surface area contributed by atoms with Gasteiger partial charge in [-0.15, -0.1) is 0 Å². The van der Waals surface area contributed by atoms with Gasteiger partial charge in [0.15, 0.2) is 5.75 Å². The first kappa shape index (κ1) is 32.3. The number of amides is 1. The van der Waals surface area contributed by atoms with Crippen LogP contribution in [0.5, 0.6) is 5.75 Å². The molecule has 10 nitrogen and oxygen atoms in total. The molecule has 0 atom stereocenters. The van der Waals surface area contributed by atoms with Crippen LogP contribution in [0.2, 0.25) is 0 Å². The topological polar surface area (TPSA) is 111 Å². The quantitative estimate of drug-likeness (QED) is 0.234. The van der Waals surface area contributed by atoms with E-state index in [1.54, 1.807) is 13.8 Å². The summed E-state index contributed by atoms with van der Waals surface area (Å²) in [5.74, 6) is 2.64. The predicted octanol–water partition coefficient (Wildman–Crippen LogP) is 5.70. The summed E-state index contributed by atoms with van der Waals surface area (Å²) in [4.78, 5) is 29.6. The SMILES string of the molecule is C=CC(=O)N1CC2(CCN(c3nc(C4CCN(C)CC4)nc4c(OCC(C)(C)O)c(-c5c(C)ccc6[nH]ncc56)c(C=C)cc34)CC2)C1. The van der Waals surface area contributed by atoms with Gasteiger partial charge < -0.3 is 24.5 Å². The van der Waals surface area contributed by atoms with E-state index >= 15 is 0 Å². The second-order valence-corrected chi connectivity index (χ2v) is 14.8. The van der Waals surface area contributed by atoms with Gasteiger partial charge in [0.05, 0.1) is 17.3 Å². The van der Waals surface area contributed by atoms with Crippen LogP contribution in [-0.2, 0) is 4.79 Å². The molecular weight excluding hydrogens is 602 g/mol. The van der Waals surface area contributed by atoms with Crippen LogP contribution in [0.15, 0.2) is 43.6 Å². The van der Waals surface area contributed by atoms with Crippen molar-refractivity contribution in [1.82, 2.24) is 30.0 Å². The van der Waals surface area contributed by atoms with Crippen molar-refractivity contribution in [3.63, 3.8) is 0 Å². The van der Waals surface area contributed by atoms with Gasteiger partial charge in [0, 0.05) is 53.8 Å². The number of hydrogen-bond donors (Lipinski definition) is 2. The molecule has 10 heteroatoms. The van der Waals surface area contributed by atoms with Gasteiger partial charge in [0.25, 0.3) is 0 Å². The number of benzene rings is 2. The second kappa shape index (κ2) is 12.3. The zero-order valence-electron chi connectivity index (χ0n) is 28.7. The fourth-order valence-electron chi connectivity index (χ4n) is 7.77. The molecule has 2 aromatic heterocycles. The van der Waals surface area contributed by atoms with Crippen molar-refractivity contribution in [3.05, 3.63) is 60.6 Å². The molecule has 2 N–H and O–H groups in total. The summed E-state index contributed by atoms with van der Waals surface area (Å²) in [6, 6.07) is 6.30. The van der Waals surface area contributed by atoms with Gasteiger partial charge in [-0.3, -0.25) is 9.89 Å². The number of fused-ring (bicyclic) bond motifs is 2. The zero-order valence-corrected chi connectivity index (χ0v) is 28.7. The number of aromatic nitrogens is 4. The fraction of sp³-hybridized carbons (Fsp3) is 0.474. The van der Waals surface area contributed by atoms with Crippen molar-refractivity contribution in [2.45, 2.75) is 58.0 Å². The van der Waals surface area contributed by atoms with Gasteiger partial charge in [-0.25, -0.2) is 9.97 Å². The van der Waals surface area contributed by atoms with Crippen molar-refractivity contribution in [3.8, 4) is 16.9 Å². The summed E-state index contributed by atoms with van der Waals surface area (Å²) in [5, 5.41) is 20.3. The van der Waals surface area contributed by atoms with Gasteiger partial charge in [-0.1, -0.05) is 25.3 Å². The molecule has 1 spiro atoms. The number of nitrogens with one attached hydrogen (secondary N) is 1. The number of ether oxygens (including phenoxy) is 1. The Morgan fingerprint density at radius 1 is 1.10 bits per heavy atom. The van der Waals surface area contributed by atoms with Crippen LogP contribution in [0, 0.1) is 12.3 Å². The highest BCUT2D eigenvalue weighted by molar-refractivity contribution is 6.07. The first-order valence-corrected chi connectivity index (χ1v) is 17.1. The molecule has 3 aliphatic rings. The molecule has 48 heavy (non-hydrogen) atoms. The number of likely N-dealkylation sites (tertiary alicyclic amines) is 2. The van der Waals surface area contributed by atoms with Crippen LogP contribution in [-0.4, -0.2) is 99.5 Å². The van der Waals surface area contributed by atoms with Crippen LogP contribution in [0.4, 0.5) is 5.82 Å². The third kappa shape index (κ3) is 5.85. The highest BCUT2D eigenvalue weighted by Gasteiger charge is 2.46. The van der Waals surface area contributed by atoms with E-state index in [1.807, 2.05) is 23.2 Å². The number of nitrogens with zero attached hydrogens (tertiary/aromatic N) is 6. The normalized spacial score (nSPS) is 18.8. The van der Waals surface area contributed by atoms with Crippen molar-refractivity contribution >= 4 is 39.6 Å². The van der Waals surface area contributed by atoms with Crippen LogP contribution < -0.4 is 9.64 Å². The second-order valence-electron chi connectivity index (χ2n) is 14.8. The van der Waals surface area contributed by atoms with E-state index in [1.165, 1.54) is 6.08 Å². The largest absolute Gasteiger partial charge is 0.488 e. The van der Waals surface area contributed by atoms with Gasteiger partial charge in [0.1, 0.15) is 23.8 Å². The van der Waals surface area contributed by atoms with E-state index in [4.69, 9.17) is 14.7 Å². The molecule has 3 fully saturated rings. The number of piperidine rings is 2. The lowest BCUT2D eigenvalue weighted by Crippen LogP contribution is -2.61. The van der Waals surface area contributed by atoms with Crippen molar-refractivity contribution in [1.29, 1.82) is 0 Å². The Bertz CT molecular complexity index is 1880. The van der Waals surface area contributed by atoms with Crippen LogP contribution in [0.3, 0.4) is 0 Å². The van der Waals surface area contributed by atoms with Crippen LogP contribution in [0.1, 0.15) is 62.4 Å². The standard InChI is InChI=1S/C38H47N7O3/c1-7-25-19-27-33(34(48-23-37(4,5)47)32(25)31-24(3)9-10-29-28(31)20-39-42-29)40-35(26-11-15-43(6)16-12-26)41-36(27)44-17-13-38(14-18-44)21-45(22-38)30(46)8-2/h7-10,19-20,26,47H,1-2,11-18,21-23H2,3-6H3,(H,39,42). The van der Waals surface area contributed by atoms with E-state index in [9.17, 15) is 9.90 Å². The molecule has 4 aromatic rings. The van der Waals surface area contributed by atoms with E-state index in [2.05, 4.69) is 59.3 Å². The first-order valence-electron chi connectivity index (χ1n) is 17.1. The predicted molar refractivity (Wildman–Crippen MR) is 191 cm³/mol. The maximum absolute atomic E-state index is 12.2. The molecule has 3 aliphatic heterocycles. The Morgan fingerprint density at radius 2 is 1.83 bits per heavy atom. The smallest absolute Gasteiger partial charge is 0.245 e. The van der Waals surface area contributed by atoms with E-state index in [-0.39, 0.29) is 23.8 Å². The molecule has 5 heterocycles. The molecule has 252 valence electrons. The zero-order chi connectivity index (χ0) is 33.8. The van der Waals surface area contributed by atoms with Gasteiger partial charge in [0.2, 0.25) is 5.91 Å². The van der Waals surface area contributed by atoms with Crippen molar-refractivity contribution in [2.75, 3.05) is 57.8 Å². The molecule has 7 rings (SSSR count). The molecule has 0 aliphatic carbocycles. The van der Waals surface area contributed by atoms with Gasteiger partial charge in [-0.05, 0) is 101 Å². The summed E-state index contributed by atoms with van der Waals surface area (Å²) in [5.41, 5.74) is 4.66. The Hall–Kier alpha value is -4.28. The third-order valence-corrected chi connectivity index (χ3v) is 10.6. The van der Waals surface area contributed by atoms with E-state index < -0.39 is 5.60 Å². The average molecular weight is 650 g/mol. The third-order valence-electron chi connectivity index (χ3n) is 10.6. The summed E-state index contributed by atoms with van der Waals surface area (Å²) in [6.07, 6.45) is 9.10. The molecule has 0 saturated carbocycles. The van der Waals surface area contributed by atoms with Crippen LogP contribution in [0.25, 0.3) is 39.0 Å². The number of hydrogen-bond acceptors (Lipinski definition) is 8. The highest BCUT2D eigenvalue weighted by Crippen LogP contribution is 2.48. The number of carbonyl (C=O) groups is 1. The monoisotopic (exact) mass is 649 g/mol. The molecule has 0 bridgehead atoms. The van der Waals surface area contributed by atoms with Crippen molar-refractivity contribution in [2.24, 2.45) is 5.41 Å². The van der Waals surface area contributed by atoms with Gasteiger partial charge >= 0.3 is 0 Å². The number of aromatic amines is 1. The van der Waals surface area contributed by atoms with Gasteiger partial charge in [-0.2, -0.15) is 5.10 Å². The molecule has 3 saturated heterocycles. The summed E-state index contributed by atoms with van der Waals surface area (Å²) in [6.45, 7) is 18.9. The Balaban J connectivity index is 1.40.